The molecule has 2 rings (SSSR count). The van der Waals surface area contributed by atoms with Gasteiger partial charge >= 0.3 is 5.97 Å². The van der Waals surface area contributed by atoms with Crippen molar-refractivity contribution in [2.75, 3.05) is 12.3 Å². The van der Waals surface area contributed by atoms with Gasteiger partial charge in [0, 0.05) is 5.69 Å². The van der Waals surface area contributed by atoms with Crippen LogP contribution in [0.25, 0.3) is 0 Å². The first kappa shape index (κ1) is 15.3. The van der Waals surface area contributed by atoms with E-state index in [0.29, 0.717) is 17.9 Å². The van der Waals surface area contributed by atoms with Gasteiger partial charge in [0.15, 0.2) is 0 Å². The molecule has 2 aromatic rings. The molecule has 5 heteroatoms. The molecule has 2 unspecified atom stereocenters. The minimum Gasteiger partial charge on any atom is -0.490 e. The minimum atomic E-state index is -0.383. The van der Waals surface area contributed by atoms with Crippen LogP contribution in [-0.2, 0) is 4.74 Å². The van der Waals surface area contributed by atoms with Crippen LogP contribution in [0.4, 0.5) is 5.69 Å². The smallest absolute Gasteiger partial charge is 0.338 e. The molecule has 0 aliphatic carbocycles. The molecule has 0 aromatic heterocycles. The maximum absolute atomic E-state index is 11.9. The average Bonchev–Trinajstić information content (AvgIpc) is 2.47. The van der Waals surface area contributed by atoms with Crippen LogP contribution < -0.4 is 15.8 Å². The largest absolute Gasteiger partial charge is 0.490 e. The Kier molecular flexibility index (Phi) is 5.18. The van der Waals surface area contributed by atoms with Gasteiger partial charge < -0.3 is 15.2 Å². The summed E-state index contributed by atoms with van der Waals surface area (Å²) >= 11 is 0. The third kappa shape index (κ3) is 4.76. The number of benzene rings is 2. The summed E-state index contributed by atoms with van der Waals surface area (Å²) in [5.74, 6) is 0.364. The van der Waals surface area contributed by atoms with E-state index in [1.54, 1.807) is 31.2 Å². The molecule has 0 heterocycles. The molecule has 2 N–H and O–H groups in total. The summed E-state index contributed by atoms with van der Waals surface area (Å²) in [4.78, 5) is 11.9. The van der Waals surface area contributed by atoms with E-state index < -0.39 is 0 Å². The van der Waals surface area contributed by atoms with Crippen LogP contribution in [0, 0.1) is 0 Å². The van der Waals surface area contributed by atoms with Crippen molar-refractivity contribution in [3.8, 4) is 5.75 Å². The summed E-state index contributed by atoms with van der Waals surface area (Å²) in [5.41, 5.74) is 6.66. The third-order valence-electron chi connectivity index (χ3n) is 2.82. The summed E-state index contributed by atoms with van der Waals surface area (Å²) in [6.45, 7) is 2.09. The summed E-state index contributed by atoms with van der Waals surface area (Å²) in [5, 5.41) is 1.09. The van der Waals surface area contributed by atoms with Gasteiger partial charge in [0.25, 0.3) is 0 Å². The molecule has 0 aliphatic heterocycles. The first-order valence-electron chi connectivity index (χ1n) is 6.59. The third-order valence-corrected chi connectivity index (χ3v) is 3.20. The van der Waals surface area contributed by atoms with Crippen molar-refractivity contribution >= 4 is 26.2 Å². The molecular formula is C16H18NO3P. The van der Waals surface area contributed by atoms with Crippen molar-refractivity contribution in [1.82, 2.24) is 0 Å². The Morgan fingerprint density at radius 1 is 1.14 bits per heavy atom. The number of rotatable bonds is 5. The van der Waals surface area contributed by atoms with Gasteiger partial charge in [0.05, 0.1) is 5.56 Å². The first-order chi connectivity index (χ1) is 10.0. The molecule has 0 aliphatic rings. The molecule has 2 atom stereocenters. The Bertz CT molecular complexity index is 596. The van der Waals surface area contributed by atoms with Gasteiger partial charge in [-0.3, -0.25) is 0 Å². The van der Waals surface area contributed by atoms with Crippen LogP contribution in [0.1, 0.15) is 17.3 Å². The average molecular weight is 303 g/mol. The van der Waals surface area contributed by atoms with Crippen LogP contribution in [0.2, 0.25) is 0 Å². The highest BCUT2D eigenvalue weighted by molar-refractivity contribution is 7.27. The predicted molar refractivity (Wildman–Crippen MR) is 87.0 cm³/mol. The fourth-order valence-electron chi connectivity index (χ4n) is 1.68. The van der Waals surface area contributed by atoms with Gasteiger partial charge in [-0.15, -0.1) is 9.24 Å². The molecule has 0 saturated heterocycles. The quantitative estimate of drug-likeness (QED) is 0.523. The number of ether oxygens (including phenoxy) is 2. The predicted octanol–water partition coefficient (Wildman–Crippen LogP) is 2.39. The van der Waals surface area contributed by atoms with Gasteiger partial charge in [-0.2, -0.15) is 0 Å². The van der Waals surface area contributed by atoms with E-state index >= 15 is 0 Å². The lowest BCUT2D eigenvalue weighted by atomic mass is 10.2. The first-order valence-corrected chi connectivity index (χ1v) is 7.17. The van der Waals surface area contributed by atoms with Crippen molar-refractivity contribution < 1.29 is 14.3 Å². The van der Waals surface area contributed by atoms with Crippen LogP contribution >= 0.6 is 9.24 Å². The second-order valence-corrected chi connectivity index (χ2v) is 5.38. The molecule has 0 amide bonds. The van der Waals surface area contributed by atoms with Crippen molar-refractivity contribution in [3.05, 3.63) is 54.1 Å². The van der Waals surface area contributed by atoms with E-state index in [0.717, 1.165) is 11.1 Å². The second-order valence-electron chi connectivity index (χ2n) is 4.72. The topological polar surface area (TPSA) is 61.5 Å². The summed E-state index contributed by atoms with van der Waals surface area (Å²) in [6.07, 6.45) is -0.342. The number of esters is 1. The molecular weight excluding hydrogens is 285 g/mol. The monoisotopic (exact) mass is 303 g/mol. The molecule has 21 heavy (non-hydrogen) atoms. The number of carbonyl (C=O) groups is 1. The van der Waals surface area contributed by atoms with Gasteiger partial charge in [-0.05, 0) is 48.6 Å². The van der Waals surface area contributed by atoms with Crippen LogP contribution in [0.5, 0.6) is 5.75 Å². The number of nitrogens with two attached hydrogens (primary N) is 1. The van der Waals surface area contributed by atoms with E-state index in [1.165, 1.54) is 0 Å². The van der Waals surface area contributed by atoms with Gasteiger partial charge in [0.2, 0.25) is 0 Å². The zero-order valence-electron chi connectivity index (χ0n) is 11.8. The fourth-order valence-corrected chi connectivity index (χ4v) is 1.87. The Hall–Kier alpha value is -2.06. The highest BCUT2D eigenvalue weighted by Gasteiger charge is 2.12. The lowest BCUT2D eigenvalue weighted by Gasteiger charge is -2.14. The van der Waals surface area contributed by atoms with E-state index in [-0.39, 0.29) is 12.1 Å². The Morgan fingerprint density at radius 2 is 1.76 bits per heavy atom. The molecule has 0 saturated carbocycles. The van der Waals surface area contributed by atoms with E-state index in [4.69, 9.17) is 15.2 Å². The number of hydrogen-bond acceptors (Lipinski definition) is 4. The summed E-state index contributed by atoms with van der Waals surface area (Å²) in [7, 11) is 2.61. The van der Waals surface area contributed by atoms with Crippen molar-refractivity contribution in [2.24, 2.45) is 0 Å². The number of carbonyl (C=O) groups excluding carboxylic acids is 1. The Morgan fingerprint density at radius 3 is 2.38 bits per heavy atom. The lowest BCUT2D eigenvalue weighted by Crippen LogP contribution is -2.22. The molecule has 0 spiro atoms. The molecule has 0 fully saturated rings. The molecule has 4 nitrogen and oxygen atoms in total. The highest BCUT2D eigenvalue weighted by atomic mass is 31.0. The number of nitrogen functional groups attached to an aromatic ring is 1. The van der Waals surface area contributed by atoms with Crippen molar-refractivity contribution in [1.29, 1.82) is 0 Å². The standard InChI is InChI=1S/C16H18NO3P/c1-11(10-19-14-6-8-15(21)9-7-14)20-16(18)12-2-4-13(17)5-3-12/h2-9,11H,10,17,21H2,1H3. The number of anilines is 1. The van der Waals surface area contributed by atoms with E-state index in [1.807, 2.05) is 24.3 Å². The van der Waals surface area contributed by atoms with Crippen molar-refractivity contribution in [2.45, 2.75) is 13.0 Å². The second kappa shape index (κ2) is 7.09. The summed E-state index contributed by atoms with van der Waals surface area (Å²) in [6, 6.07) is 14.2. The Balaban J connectivity index is 1.83. The van der Waals surface area contributed by atoms with Crippen molar-refractivity contribution in [3.63, 3.8) is 0 Å². The molecule has 110 valence electrons. The minimum absolute atomic E-state index is 0.302. The van der Waals surface area contributed by atoms with E-state index in [2.05, 4.69) is 9.24 Å². The number of hydrogen-bond donors (Lipinski definition) is 1. The molecule has 0 bridgehead atoms. The lowest BCUT2D eigenvalue weighted by molar-refractivity contribution is 0.0228. The van der Waals surface area contributed by atoms with Gasteiger partial charge in [-0.1, -0.05) is 12.1 Å². The Labute approximate surface area is 126 Å². The maximum Gasteiger partial charge on any atom is 0.338 e. The van der Waals surface area contributed by atoms with Crippen LogP contribution in [0.15, 0.2) is 48.5 Å². The zero-order chi connectivity index (χ0) is 15.2. The zero-order valence-corrected chi connectivity index (χ0v) is 12.9. The SMILES string of the molecule is CC(COc1ccc(P)cc1)OC(=O)c1ccc(N)cc1. The van der Waals surface area contributed by atoms with Gasteiger partial charge in [-0.25, -0.2) is 4.79 Å². The van der Waals surface area contributed by atoms with Crippen LogP contribution in [-0.4, -0.2) is 18.7 Å². The fraction of sp³-hybridized carbons (Fsp3) is 0.188. The maximum atomic E-state index is 11.9. The van der Waals surface area contributed by atoms with Gasteiger partial charge in [0.1, 0.15) is 18.5 Å². The highest BCUT2D eigenvalue weighted by Crippen LogP contribution is 2.11. The van der Waals surface area contributed by atoms with Crippen LogP contribution in [0.3, 0.4) is 0 Å². The van der Waals surface area contributed by atoms with E-state index in [9.17, 15) is 4.79 Å². The molecule has 0 radical (unpaired) electrons. The molecule has 2 aromatic carbocycles. The summed E-state index contributed by atoms with van der Waals surface area (Å²) < 4.78 is 10.9. The normalized spacial score (nSPS) is 11.7.